The van der Waals surface area contributed by atoms with Gasteiger partial charge in [0.25, 0.3) is 0 Å². The molecule has 7 heteroatoms. The predicted molar refractivity (Wildman–Crippen MR) is 73.3 cm³/mol. The molecule has 0 unspecified atom stereocenters. The number of nitrogens with one attached hydrogen (secondary N) is 1. The number of aromatic nitrogens is 2. The second-order valence-corrected chi connectivity index (χ2v) is 4.60. The van der Waals surface area contributed by atoms with Crippen LogP contribution in [-0.2, 0) is 17.8 Å². The van der Waals surface area contributed by atoms with Crippen LogP contribution >= 0.6 is 0 Å². The van der Waals surface area contributed by atoms with Gasteiger partial charge in [0.1, 0.15) is 12.4 Å². The lowest BCUT2D eigenvalue weighted by Gasteiger charge is -2.05. The van der Waals surface area contributed by atoms with E-state index < -0.39 is 5.76 Å². The molecule has 21 heavy (non-hydrogen) atoms. The van der Waals surface area contributed by atoms with E-state index in [1.54, 1.807) is 12.1 Å². The van der Waals surface area contributed by atoms with Gasteiger partial charge in [-0.1, -0.05) is 24.2 Å². The molecule has 0 bridgehead atoms. The first kappa shape index (κ1) is 15.0. The Kier molecular flexibility index (Phi) is 4.86. The van der Waals surface area contributed by atoms with E-state index in [0.29, 0.717) is 12.4 Å². The number of benzene rings is 1. The average molecular weight is 293 g/mol. The number of amides is 1. The van der Waals surface area contributed by atoms with Gasteiger partial charge in [-0.05, 0) is 24.1 Å². The molecule has 112 valence electrons. The van der Waals surface area contributed by atoms with Gasteiger partial charge in [0.2, 0.25) is 5.91 Å². The first-order valence-corrected chi connectivity index (χ1v) is 6.66. The monoisotopic (exact) mass is 293 g/mol. The minimum absolute atomic E-state index is 0.140. The van der Waals surface area contributed by atoms with Crippen molar-refractivity contribution in [1.29, 1.82) is 0 Å². The zero-order chi connectivity index (χ0) is 15.2. The van der Waals surface area contributed by atoms with Crippen molar-refractivity contribution < 1.29 is 13.7 Å². The summed E-state index contributed by atoms with van der Waals surface area (Å²) in [6.45, 7) is 2.34. The minimum atomic E-state index is -0.682. The van der Waals surface area contributed by atoms with Crippen molar-refractivity contribution >= 4 is 5.91 Å². The largest absolute Gasteiger partial charge is 0.442 e. The smallest absolute Gasteiger partial charge is 0.355 e. The molecule has 1 heterocycles. The van der Waals surface area contributed by atoms with Crippen LogP contribution in [0.4, 0.5) is 4.39 Å². The van der Waals surface area contributed by atoms with E-state index >= 15 is 0 Å². The number of carbonyl (C=O) groups excluding carboxylic acids is 1. The van der Waals surface area contributed by atoms with E-state index in [-0.39, 0.29) is 24.7 Å². The Labute approximate surface area is 120 Å². The Morgan fingerprint density at radius 2 is 2.10 bits per heavy atom. The zero-order valence-corrected chi connectivity index (χ0v) is 11.6. The zero-order valence-electron chi connectivity index (χ0n) is 11.6. The minimum Gasteiger partial charge on any atom is -0.355 e. The summed E-state index contributed by atoms with van der Waals surface area (Å²) in [7, 11) is 0. The van der Waals surface area contributed by atoms with E-state index in [9.17, 15) is 14.0 Å². The van der Waals surface area contributed by atoms with E-state index in [0.717, 1.165) is 12.0 Å². The maximum atomic E-state index is 12.9. The Hall–Kier alpha value is -2.44. The van der Waals surface area contributed by atoms with Gasteiger partial charge in [-0.2, -0.15) is 0 Å². The van der Waals surface area contributed by atoms with Gasteiger partial charge >= 0.3 is 5.76 Å². The van der Waals surface area contributed by atoms with E-state index in [4.69, 9.17) is 0 Å². The van der Waals surface area contributed by atoms with Gasteiger partial charge in [0.05, 0.1) is 0 Å². The Balaban J connectivity index is 2.12. The summed E-state index contributed by atoms with van der Waals surface area (Å²) < 4.78 is 18.6. The molecule has 2 aromatic rings. The van der Waals surface area contributed by atoms with E-state index in [2.05, 4.69) is 15.0 Å². The fraction of sp³-hybridized carbons (Fsp3) is 0.357. The molecule has 1 amide bonds. The second-order valence-electron chi connectivity index (χ2n) is 4.60. The molecule has 1 N–H and O–H groups in total. The quantitative estimate of drug-likeness (QED) is 0.865. The molecule has 0 aliphatic rings. The molecule has 0 fully saturated rings. The van der Waals surface area contributed by atoms with E-state index in [1.807, 2.05) is 6.92 Å². The lowest BCUT2D eigenvalue weighted by molar-refractivity contribution is -0.121. The molecule has 0 spiro atoms. The highest BCUT2D eigenvalue weighted by Crippen LogP contribution is 2.08. The normalized spacial score (nSPS) is 10.6. The van der Waals surface area contributed by atoms with Gasteiger partial charge in [0.15, 0.2) is 5.82 Å². The molecule has 6 nitrogen and oxygen atoms in total. The molecule has 0 aliphatic carbocycles. The van der Waals surface area contributed by atoms with Crippen molar-refractivity contribution in [3.05, 3.63) is 52.0 Å². The fourth-order valence-corrected chi connectivity index (χ4v) is 1.83. The summed E-state index contributed by atoms with van der Waals surface area (Å²) in [5.74, 6) is -0.963. The maximum absolute atomic E-state index is 12.9. The third-order valence-corrected chi connectivity index (χ3v) is 2.91. The molecule has 0 radical (unpaired) electrons. The molecular formula is C14H16FN3O3. The van der Waals surface area contributed by atoms with Crippen molar-refractivity contribution in [3.8, 4) is 0 Å². The number of rotatable bonds is 6. The second kappa shape index (κ2) is 6.83. The van der Waals surface area contributed by atoms with Crippen LogP contribution in [0, 0.1) is 5.82 Å². The third kappa shape index (κ3) is 4.01. The van der Waals surface area contributed by atoms with Crippen molar-refractivity contribution in [1.82, 2.24) is 15.0 Å². The van der Waals surface area contributed by atoms with Crippen LogP contribution in [0.1, 0.15) is 24.7 Å². The number of nitrogens with zero attached hydrogens (tertiary/aromatic N) is 2. The SMILES string of the molecule is CCCNC(=O)Cn1c(Cc2ccc(F)cc2)noc1=O. The van der Waals surface area contributed by atoms with Crippen LogP contribution in [0.2, 0.25) is 0 Å². The van der Waals surface area contributed by atoms with E-state index in [1.165, 1.54) is 16.7 Å². The molecule has 2 rings (SSSR count). The van der Waals surface area contributed by atoms with Crippen LogP contribution < -0.4 is 11.1 Å². The molecule has 0 saturated heterocycles. The predicted octanol–water partition coefficient (Wildman–Crippen LogP) is 1.09. The fourth-order valence-electron chi connectivity index (χ4n) is 1.83. The van der Waals surface area contributed by atoms with Crippen LogP contribution in [0.3, 0.4) is 0 Å². The molecule has 0 aliphatic heterocycles. The first-order chi connectivity index (χ1) is 10.1. The number of halogens is 1. The van der Waals surface area contributed by atoms with Crippen LogP contribution in [0.25, 0.3) is 0 Å². The number of hydrogen-bond donors (Lipinski definition) is 1. The number of hydrogen-bond acceptors (Lipinski definition) is 4. The average Bonchev–Trinajstić information content (AvgIpc) is 2.80. The van der Waals surface area contributed by atoms with Gasteiger partial charge < -0.3 is 5.32 Å². The Morgan fingerprint density at radius 3 is 2.76 bits per heavy atom. The summed E-state index contributed by atoms with van der Waals surface area (Å²) in [5, 5.41) is 6.35. The lowest BCUT2D eigenvalue weighted by Crippen LogP contribution is -2.32. The van der Waals surface area contributed by atoms with Crippen molar-refractivity contribution in [2.75, 3.05) is 6.54 Å². The lowest BCUT2D eigenvalue weighted by atomic mass is 10.1. The highest BCUT2D eigenvalue weighted by molar-refractivity contribution is 5.75. The third-order valence-electron chi connectivity index (χ3n) is 2.91. The van der Waals surface area contributed by atoms with Crippen LogP contribution in [0.15, 0.2) is 33.6 Å². The molecule has 0 atom stereocenters. The van der Waals surface area contributed by atoms with Gasteiger partial charge in [-0.25, -0.2) is 9.18 Å². The maximum Gasteiger partial charge on any atom is 0.442 e. The van der Waals surface area contributed by atoms with Crippen molar-refractivity contribution in [2.24, 2.45) is 0 Å². The van der Waals surface area contributed by atoms with Crippen LogP contribution in [0.5, 0.6) is 0 Å². The highest BCUT2D eigenvalue weighted by atomic mass is 19.1. The molecular weight excluding hydrogens is 277 g/mol. The Bertz CT molecular complexity index is 661. The molecule has 1 aromatic heterocycles. The summed E-state index contributed by atoms with van der Waals surface area (Å²) in [5.41, 5.74) is 0.771. The Morgan fingerprint density at radius 1 is 1.38 bits per heavy atom. The summed E-state index contributed by atoms with van der Waals surface area (Å²) in [4.78, 5) is 23.3. The summed E-state index contributed by atoms with van der Waals surface area (Å²) in [6.07, 6.45) is 1.10. The number of carbonyl (C=O) groups is 1. The van der Waals surface area contributed by atoms with Crippen molar-refractivity contribution in [3.63, 3.8) is 0 Å². The summed E-state index contributed by atoms with van der Waals surface area (Å²) in [6, 6.07) is 5.84. The van der Waals surface area contributed by atoms with Crippen molar-refractivity contribution in [2.45, 2.75) is 26.3 Å². The highest BCUT2D eigenvalue weighted by Gasteiger charge is 2.14. The molecule has 1 aromatic carbocycles. The van der Waals surface area contributed by atoms with Gasteiger partial charge in [0, 0.05) is 13.0 Å². The summed E-state index contributed by atoms with van der Waals surface area (Å²) >= 11 is 0. The molecule has 0 saturated carbocycles. The standard InChI is InChI=1S/C14H16FN3O3/c1-2-7-16-13(19)9-18-12(17-21-14(18)20)8-10-3-5-11(15)6-4-10/h3-6H,2,7-9H2,1H3,(H,16,19). The van der Waals surface area contributed by atoms with Gasteiger partial charge in [-0.15, -0.1) is 0 Å². The van der Waals surface area contributed by atoms with Gasteiger partial charge in [-0.3, -0.25) is 13.9 Å². The topological polar surface area (TPSA) is 77.1 Å². The van der Waals surface area contributed by atoms with Crippen LogP contribution in [-0.4, -0.2) is 22.2 Å². The first-order valence-electron chi connectivity index (χ1n) is 6.66.